The normalized spacial score (nSPS) is 16.1. The summed E-state index contributed by atoms with van der Waals surface area (Å²) < 4.78 is 62.2. The van der Waals surface area contributed by atoms with Crippen molar-refractivity contribution >= 4 is 34.0 Å². The maximum absolute atomic E-state index is 13.2. The number of anilines is 3. The summed E-state index contributed by atoms with van der Waals surface area (Å²) in [5, 5.41) is 2.96. The minimum Gasteiger partial charge on any atom is -0.454 e. The molecule has 0 bridgehead atoms. The summed E-state index contributed by atoms with van der Waals surface area (Å²) in [5.41, 5.74) is 5.08. The van der Waals surface area contributed by atoms with Crippen LogP contribution in [0, 0.1) is 0 Å². The second-order valence-corrected chi connectivity index (χ2v) is 6.85. The lowest BCUT2D eigenvalue weighted by Gasteiger charge is -2.16. The Balaban J connectivity index is 1.74. The SMILES string of the molecule is O=[S-](O)=Nc1ccc(NNc2cc(C(F)(F)F)nc(NC3CCCC3)n2)cc1. The quantitative estimate of drug-likeness (QED) is 0.311. The third-order valence-electron chi connectivity index (χ3n) is 4.09. The van der Waals surface area contributed by atoms with Gasteiger partial charge in [-0.3, -0.25) is 10.9 Å². The summed E-state index contributed by atoms with van der Waals surface area (Å²) in [6, 6.07) is 6.92. The number of benzene rings is 1. The molecule has 3 rings (SSSR count). The topological polar surface area (TPSA) is 112 Å². The lowest BCUT2D eigenvalue weighted by Crippen LogP contribution is -2.20. The molecule has 0 saturated heterocycles. The van der Waals surface area contributed by atoms with E-state index in [1.807, 2.05) is 0 Å². The van der Waals surface area contributed by atoms with Crippen LogP contribution >= 0.6 is 0 Å². The molecule has 0 atom stereocenters. The summed E-state index contributed by atoms with van der Waals surface area (Å²) >= 11 is 0. The molecule has 0 unspecified atom stereocenters. The van der Waals surface area contributed by atoms with E-state index < -0.39 is 22.7 Å². The van der Waals surface area contributed by atoms with Crippen LogP contribution in [0.4, 0.5) is 36.3 Å². The Morgan fingerprint density at radius 3 is 2.39 bits per heavy atom. The molecular weight excluding hydrogens is 397 g/mol. The van der Waals surface area contributed by atoms with Crippen molar-refractivity contribution in [3.63, 3.8) is 0 Å². The largest absolute Gasteiger partial charge is 0.454 e. The van der Waals surface area contributed by atoms with Crippen molar-refractivity contribution in [2.75, 3.05) is 16.2 Å². The van der Waals surface area contributed by atoms with Crippen molar-refractivity contribution in [2.24, 2.45) is 4.36 Å². The molecular formula is C16H18F3N6O2S-. The highest BCUT2D eigenvalue weighted by atomic mass is 32.2. The molecule has 1 aliphatic carbocycles. The van der Waals surface area contributed by atoms with Crippen LogP contribution in [-0.2, 0) is 21.3 Å². The first-order valence-electron chi connectivity index (χ1n) is 8.47. The van der Waals surface area contributed by atoms with Crippen molar-refractivity contribution in [3.8, 4) is 0 Å². The molecule has 0 amide bonds. The van der Waals surface area contributed by atoms with Crippen molar-refractivity contribution < 1.29 is 21.9 Å². The first-order valence-corrected chi connectivity index (χ1v) is 9.53. The number of alkyl halides is 3. The summed E-state index contributed by atoms with van der Waals surface area (Å²) in [7, 11) is -2.31. The number of nitrogens with one attached hydrogen (secondary N) is 3. The second kappa shape index (κ2) is 8.61. The number of aromatic nitrogens is 2. The molecule has 1 heterocycles. The number of hydrogen-bond donors (Lipinski definition) is 4. The van der Waals surface area contributed by atoms with Crippen LogP contribution in [0.3, 0.4) is 0 Å². The lowest BCUT2D eigenvalue weighted by atomic mass is 10.2. The molecule has 1 fully saturated rings. The molecule has 2 aromatic rings. The van der Waals surface area contributed by atoms with Gasteiger partial charge in [-0.1, -0.05) is 23.7 Å². The summed E-state index contributed by atoms with van der Waals surface area (Å²) in [4.78, 5) is 7.68. The van der Waals surface area contributed by atoms with Gasteiger partial charge in [0.2, 0.25) is 5.95 Å². The zero-order valence-corrected chi connectivity index (χ0v) is 15.3. The van der Waals surface area contributed by atoms with Gasteiger partial charge < -0.3 is 18.4 Å². The van der Waals surface area contributed by atoms with E-state index in [0.29, 0.717) is 5.69 Å². The Morgan fingerprint density at radius 1 is 1.11 bits per heavy atom. The number of rotatable bonds is 6. The molecule has 12 heteroatoms. The predicted octanol–water partition coefficient (Wildman–Crippen LogP) is 4.54. The minimum absolute atomic E-state index is 0.0481. The third-order valence-corrected chi connectivity index (χ3v) is 4.46. The Labute approximate surface area is 161 Å². The minimum atomic E-state index is -4.60. The van der Waals surface area contributed by atoms with Crippen LogP contribution in [0.2, 0.25) is 0 Å². The first kappa shape index (κ1) is 20.1. The average Bonchev–Trinajstić information content (AvgIpc) is 3.13. The zero-order valence-electron chi connectivity index (χ0n) is 14.5. The van der Waals surface area contributed by atoms with Crippen molar-refractivity contribution in [3.05, 3.63) is 36.0 Å². The zero-order chi connectivity index (χ0) is 20.1. The van der Waals surface area contributed by atoms with Crippen LogP contribution in [0.15, 0.2) is 34.7 Å². The van der Waals surface area contributed by atoms with Crippen LogP contribution < -0.4 is 16.2 Å². The molecule has 8 nitrogen and oxygen atoms in total. The van der Waals surface area contributed by atoms with Crippen molar-refractivity contribution in [2.45, 2.75) is 37.9 Å². The molecule has 4 N–H and O–H groups in total. The Kier molecular flexibility index (Phi) is 6.19. The summed E-state index contributed by atoms with van der Waals surface area (Å²) in [5.74, 6) is -0.126. The van der Waals surface area contributed by atoms with E-state index in [2.05, 4.69) is 30.5 Å². The fourth-order valence-electron chi connectivity index (χ4n) is 2.81. The summed E-state index contributed by atoms with van der Waals surface area (Å²) in [6.07, 6.45) is -0.813. The fraction of sp³-hybridized carbons (Fsp3) is 0.375. The highest BCUT2D eigenvalue weighted by Gasteiger charge is 2.34. The van der Waals surface area contributed by atoms with E-state index in [-0.39, 0.29) is 23.5 Å². The van der Waals surface area contributed by atoms with Gasteiger partial charge in [0.25, 0.3) is 0 Å². The van der Waals surface area contributed by atoms with Gasteiger partial charge in [0.1, 0.15) is 0 Å². The van der Waals surface area contributed by atoms with Gasteiger partial charge in [-0.15, -0.1) is 0 Å². The van der Waals surface area contributed by atoms with Gasteiger partial charge in [0.05, 0.1) is 5.69 Å². The Morgan fingerprint density at radius 2 is 1.79 bits per heavy atom. The molecule has 0 aliphatic heterocycles. The molecule has 28 heavy (non-hydrogen) atoms. The maximum Gasteiger partial charge on any atom is 0.433 e. The van der Waals surface area contributed by atoms with E-state index in [1.165, 1.54) is 12.1 Å². The molecule has 1 saturated carbocycles. The van der Waals surface area contributed by atoms with Crippen molar-refractivity contribution in [1.29, 1.82) is 0 Å². The smallest absolute Gasteiger partial charge is 0.433 e. The molecule has 0 radical (unpaired) electrons. The van der Waals surface area contributed by atoms with E-state index in [0.717, 1.165) is 31.7 Å². The maximum atomic E-state index is 13.2. The van der Waals surface area contributed by atoms with Crippen molar-refractivity contribution in [1.82, 2.24) is 9.97 Å². The number of hydrogen-bond acceptors (Lipinski definition) is 8. The van der Waals surface area contributed by atoms with E-state index >= 15 is 0 Å². The van der Waals surface area contributed by atoms with Crippen LogP contribution in [0.5, 0.6) is 0 Å². The molecule has 152 valence electrons. The van der Waals surface area contributed by atoms with E-state index in [9.17, 15) is 17.4 Å². The first-order chi connectivity index (χ1) is 13.3. The second-order valence-electron chi connectivity index (χ2n) is 6.20. The number of halogens is 3. The summed E-state index contributed by atoms with van der Waals surface area (Å²) in [6.45, 7) is 0. The number of hydrazine groups is 1. The molecule has 1 aliphatic rings. The van der Waals surface area contributed by atoms with Gasteiger partial charge in [0.15, 0.2) is 11.5 Å². The third kappa shape index (κ3) is 5.70. The predicted molar refractivity (Wildman–Crippen MR) is 99.4 cm³/mol. The van der Waals surface area contributed by atoms with Gasteiger partial charge in [-0.05, 0) is 37.1 Å². The van der Waals surface area contributed by atoms with Crippen LogP contribution in [-0.4, -0.2) is 20.6 Å². The molecule has 1 aromatic carbocycles. The van der Waals surface area contributed by atoms with Crippen LogP contribution in [0.1, 0.15) is 31.4 Å². The van der Waals surface area contributed by atoms with E-state index in [4.69, 9.17) is 4.55 Å². The van der Waals surface area contributed by atoms with Gasteiger partial charge in [-0.2, -0.15) is 18.2 Å². The standard InChI is InChI=1S/C16H18F3N6O2S/c17-16(18,19)13-9-14(22-15(21-13)20-10-3-1-2-4-10)24-23-11-5-7-12(8-6-11)25-28(26)27/h5-10,23H,1-4H2,(H,25,26,27)(H2,20,21,22,24)/q-1. The number of nitrogens with zero attached hydrogens (tertiary/aromatic N) is 3. The monoisotopic (exact) mass is 415 g/mol. The van der Waals surface area contributed by atoms with Gasteiger partial charge in [0, 0.05) is 17.8 Å². The van der Waals surface area contributed by atoms with Gasteiger partial charge in [-0.25, -0.2) is 4.98 Å². The van der Waals surface area contributed by atoms with Crippen LogP contribution in [0.25, 0.3) is 0 Å². The lowest BCUT2D eigenvalue weighted by molar-refractivity contribution is -0.141. The highest BCUT2D eigenvalue weighted by Crippen LogP contribution is 2.30. The van der Waals surface area contributed by atoms with Gasteiger partial charge >= 0.3 is 6.18 Å². The Hall–Kier alpha value is -2.60. The van der Waals surface area contributed by atoms with E-state index in [1.54, 1.807) is 12.1 Å². The average molecular weight is 415 g/mol. The fourth-order valence-corrected chi connectivity index (χ4v) is 3.11. The molecule has 1 aromatic heterocycles. The Bertz CT molecular complexity index is 894. The molecule has 0 spiro atoms. The highest BCUT2D eigenvalue weighted by molar-refractivity contribution is 7.68.